The highest BCUT2D eigenvalue weighted by atomic mass is 16.2. The maximum Gasteiger partial charge on any atom is 0.291 e. The largest absolute Gasteiger partial charge is 0.345 e. The number of H-pyrrole nitrogens is 1. The van der Waals surface area contributed by atoms with E-state index in [1.807, 2.05) is 38.1 Å². The van der Waals surface area contributed by atoms with E-state index in [1.54, 1.807) is 0 Å². The van der Waals surface area contributed by atoms with Crippen LogP contribution < -0.4 is 11.1 Å². The molecule has 0 spiro atoms. The lowest BCUT2D eigenvalue weighted by Crippen LogP contribution is -2.24. The van der Waals surface area contributed by atoms with Crippen molar-refractivity contribution in [1.82, 2.24) is 20.5 Å². The maximum absolute atomic E-state index is 12.0. The van der Waals surface area contributed by atoms with Gasteiger partial charge in [0.25, 0.3) is 5.91 Å². The first-order chi connectivity index (χ1) is 10.1. The smallest absolute Gasteiger partial charge is 0.291 e. The normalized spacial score (nSPS) is 10.9. The van der Waals surface area contributed by atoms with E-state index in [-0.39, 0.29) is 17.6 Å². The quantitative estimate of drug-likeness (QED) is 0.747. The van der Waals surface area contributed by atoms with Gasteiger partial charge >= 0.3 is 0 Å². The van der Waals surface area contributed by atoms with Gasteiger partial charge in [0.15, 0.2) is 0 Å². The molecule has 112 valence electrons. The lowest BCUT2D eigenvalue weighted by atomic mass is 10.1. The Hall–Kier alpha value is -2.21. The molecule has 2 rings (SSSR count). The number of rotatable bonds is 6. The Kier molecular flexibility index (Phi) is 5.05. The Balaban J connectivity index is 1.90. The molecule has 0 radical (unpaired) electrons. The highest BCUT2D eigenvalue weighted by Crippen LogP contribution is 2.08. The average Bonchev–Trinajstić information content (AvgIpc) is 2.97. The van der Waals surface area contributed by atoms with E-state index < -0.39 is 0 Å². The molecule has 0 saturated carbocycles. The van der Waals surface area contributed by atoms with Crippen LogP contribution in [-0.4, -0.2) is 27.6 Å². The lowest BCUT2D eigenvalue weighted by molar-refractivity contribution is 0.0941. The SMILES string of the molecule is CC(C)c1nc(C(=O)NCc2ccc(CCN)cc2)n[nH]1. The molecule has 1 amide bonds. The third-order valence-corrected chi connectivity index (χ3v) is 3.16. The van der Waals surface area contributed by atoms with Crippen molar-refractivity contribution in [3.63, 3.8) is 0 Å². The van der Waals surface area contributed by atoms with E-state index in [0.29, 0.717) is 18.9 Å². The number of carbonyl (C=O) groups is 1. The summed E-state index contributed by atoms with van der Waals surface area (Å²) in [6.07, 6.45) is 0.863. The molecular formula is C15H21N5O. The van der Waals surface area contributed by atoms with Crippen LogP contribution in [0.1, 0.15) is 47.3 Å². The first-order valence-corrected chi connectivity index (χ1v) is 7.08. The molecule has 0 unspecified atom stereocenters. The Morgan fingerprint density at radius 1 is 1.29 bits per heavy atom. The molecule has 21 heavy (non-hydrogen) atoms. The molecule has 0 atom stereocenters. The second kappa shape index (κ2) is 6.99. The van der Waals surface area contributed by atoms with Gasteiger partial charge in [0.2, 0.25) is 5.82 Å². The lowest BCUT2D eigenvalue weighted by Gasteiger charge is -2.04. The van der Waals surface area contributed by atoms with Gasteiger partial charge in [-0.15, -0.1) is 5.10 Å². The molecule has 0 fully saturated rings. The topological polar surface area (TPSA) is 96.7 Å². The number of benzene rings is 1. The van der Waals surface area contributed by atoms with Crippen molar-refractivity contribution in [2.75, 3.05) is 6.54 Å². The van der Waals surface area contributed by atoms with Gasteiger partial charge in [0.05, 0.1) is 0 Å². The summed E-state index contributed by atoms with van der Waals surface area (Å²) in [6, 6.07) is 8.03. The van der Waals surface area contributed by atoms with Crippen LogP contribution in [0, 0.1) is 0 Å². The minimum absolute atomic E-state index is 0.179. The van der Waals surface area contributed by atoms with Crippen LogP contribution in [0.15, 0.2) is 24.3 Å². The van der Waals surface area contributed by atoms with E-state index in [9.17, 15) is 4.79 Å². The van der Waals surface area contributed by atoms with Gasteiger partial charge in [0, 0.05) is 12.5 Å². The zero-order valence-corrected chi connectivity index (χ0v) is 12.4. The van der Waals surface area contributed by atoms with Gasteiger partial charge in [-0.1, -0.05) is 38.1 Å². The molecule has 6 heteroatoms. The summed E-state index contributed by atoms with van der Waals surface area (Å²) < 4.78 is 0. The summed E-state index contributed by atoms with van der Waals surface area (Å²) in [6.45, 7) is 5.07. The van der Waals surface area contributed by atoms with Crippen LogP contribution in [0.2, 0.25) is 0 Å². The number of hydrogen-bond donors (Lipinski definition) is 3. The Bertz CT molecular complexity index is 588. The van der Waals surface area contributed by atoms with Gasteiger partial charge in [-0.25, -0.2) is 4.98 Å². The van der Waals surface area contributed by atoms with Crippen LogP contribution in [0.3, 0.4) is 0 Å². The first-order valence-electron chi connectivity index (χ1n) is 7.08. The van der Waals surface area contributed by atoms with Crippen LogP contribution in [0.25, 0.3) is 0 Å². The van der Waals surface area contributed by atoms with Crippen molar-refractivity contribution in [2.45, 2.75) is 32.7 Å². The molecule has 0 aliphatic carbocycles. The van der Waals surface area contributed by atoms with Crippen LogP contribution >= 0.6 is 0 Å². The summed E-state index contributed by atoms with van der Waals surface area (Å²) in [5.74, 6) is 0.836. The molecule has 0 saturated heterocycles. The zero-order valence-electron chi connectivity index (χ0n) is 12.4. The number of amides is 1. The molecule has 1 aromatic carbocycles. The van der Waals surface area contributed by atoms with E-state index in [1.165, 1.54) is 5.56 Å². The summed E-state index contributed by atoms with van der Waals surface area (Å²) in [5, 5.41) is 9.51. The van der Waals surface area contributed by atoms with E-state index in [4.69, 9.17) is 5.73 Å². The number of aromatic nitrogens is 3. The minimum atomic E-state index is -0.274. The number of hydrogen-bond acceptors (Lipinski definition) is 4. The minimum Gasteiger partial charge on any atom is -0.345 e. The summed E-state index contributed by atoms with van der Waals surface area (Å²) in [4.78, 5) is 16.1. The molecule has 4 N–H and O–H groups in total. The molecule has 6 nitrogen and oxygen atoms in total. The average molecular weight is 287 g/mol. The molecule has 2 aromatic rings. The van der Waals surface area contributed by atoms with E-state index in [2.05, 4.69) is 20.5 Å². The molecule has 0 bridgehead atoms. The molecule has 1 aromatic heterocycles. The number of nitrogens with zero attached hydrogens (tertiary/aromatic N) is 2. The van der Waals surface area contributed by atoms with Crippen molar-refractivity contribution in [2.24, 2.45) is 5.73 Å². The van der Waals surface area contributed by atoms with E-state index in [0.717, 1.165) is 12.0 Å². The predicted molar refractivity (Wildman–Crippen MR) is 80.8 cm³/mol. The van der Waals surface area contributed by atoms with Crippen LogP contribution in [0.4, 0.5) is 0 Å². The highest BCUT2D eigenvalue weighted by molar-refractivity contribution is 5.90. The molecule has 0 aliphatic rings. The Morgan fingerprint density at radius 2 is 1.95 bits per heavy atom. The summed E-state index contributed by atoms with van der Waals surface area (Å²) in [7, 11) is 0. The van der Waals surface area contributed by atoms with Gasteiger partial charge in [-0.05, 0) is 24.1 Å². The fourth-order valence-electron chi connectivity index (χ4n) is 1.89. The molecular weight excluding hydrogens is 266 g/mol. The third kappa shape index (κ3) is 4.13. The number of aromatic amines is 1. The summed E-state index contributed by atoms with van der Waals surface area (Å²) in [5.41, 5.74) is 7.74. The monoisotopic (exact) mass is 287 g/mol. The predicted octanol–water partition coefficient (Wildman–Crippen LogP) is 1.36. The molecule has 0 aliphatic heterocycles. The third-order valence-electron chi connectivity index (χ3n) is 3.16. The van der Waals surface area contributed by atoms with Crippen molar-refractivity contribution in [3.8, 4) is 0 Å². The fourth-order valence-corrected chi connectivity index (χ4v) is 1.89. The van der Waals surface area contributed by atoms with Gasteiger partial charge in [-0.2, -0.15) is 0 Å². The first kappa shape index (κ1) is 15.2. The Morgan fingerprint density at radius 3 is 2.52 bits per heavy atom. The number of carbonyl (C=O) groups excluding carboxylic acids is 1. The maximum atomic E-state index is 12.0. The van der Waals surface area contributed by atoms with Crippen LogP contribution in [0.5, 0.6) is 0 Å². The number of nitrogens with two attached hydrogens (primary N) is 1. The number of nitrogens with one attached hydrogen (secondary N) is 2. The summed E-state index contributed by atoms with van der Waals surface area (Å²) >= 11 is 0. The van der Waals surface area contributed by atoms with Gasteiger partial charge in [0.1, 0.15) is 5.82 Å². The second-order valence-electron chi connectivity index (χ2n) is 5.24. The van der Waals surface area contributed by atoms with Crippen molar-refractivity contribution >= 4 is 5.91 Å². The standard InChI is InChI=1S/C15H21N5O/c1-10(2)13-18-14(20-19-13)15(21)17-9-12-5-3-11(4-6-12)7-8-16/h3-6,10H,7-9,16H2,1-2H3,(H,17,21)(H,18,19,20). The highest BCUT2D eigenvalue weighted by Gasteiger charge is 2.13. The van der Waals surface area contributed by atoms with E-state index >= 15 is 0 Å². The Labute approximate surface area is 124 Å². The van der Waals surface area contributed by atoms with Crippen molar-refractivity contribution in [3.05, 3.63) is 47.0 Å². The molecule has 1 heterocycles. The zero-order chi connectivity index (χ0) is 15.2. The van der Waals surface area contributed by atoms with Gasteiger partial charge < -0.3 is 11.1 Å². The second-order valence-corrected chi connectivity index (χ2v) is 5.24. The fraction of sp³-hybridized carbons (Fsp3) is 0.400. The van der Waals surface area contributed by atoms with Crippen molar-refractivity contribution in [1.29, 1.82) is 0 Å². The van der Waals surface area contributed by atoms with Gasteiger partial charge in [-0.3, -0.25) is 9.89 Å². The van der Waals surface area contributed by atoms with Crippen molar-refractivity contribution < 1.29 is 4.79 Å². The van der Waals surface area contributed by atoms with Crippen LogP contribution in [-0.2, 0) is 13.0 Å².